The number of aliphatic hydroxyl groups excluding tert-OH is 3. The van der Waals surface area contributed by atoms with Gasteiger partial charge >= 0.3 is 0 Å². The van der Waals surface area contributed by atoms with Crippen LogP contribution in [-0.4, -0.2) is 76.5 Å². The van der Waals surface area contributed by atoms with Crippen molar-refractivity contribution in [3.05, 3.63) is 0 Å². The molecule has 7 nitrogen and oxygen atoms in total. The van der Waals surface area contributed by atoms with Crippen LogP contribution in [0.2, 0.25) is 0 Å². The van der Waals surface area contributed by atoms with Crippen LogP contribution in [0.4, 0.5) is 0 Å². The quantitative estimate of drug-likeness (QED) is 0.506. The van der Waals surface area contributed by atoms with Crippen LogP contribution in [0.15, 0.2) is 0 Å². The Morgan fingerprint density at radius 1 is 1.53 bits per heavy atom. The number of nitrogens with zero attached hydrogens (tertiary/aromatic N) is 1. The van der Waals surface area contributed by atoms with Gasteiger partial charge in [0.05, 0.1) is 13.2 Å². The molecule has 3 N–H and O–H groups in total. The van der Waals surface area contributed by atoms with E-state index >= 15 is 0 Å². The Bertz CT molecular complexity index is 324. The summed E-state index contributed by atoms with van der Waals surface area (Å²) in [6.45, 7) is 0.898. The van der Waals surface area contributed by atoms with Crippen LogP contribution in [0.3, 0.4) is 0 Å². The molecule has 0 aromatic carbocycles. The van der Waals surface area contributed by atoms with Crippen LogP contribution < -0.4 is 0 Å². The fraction of sp³-hybridized carbons (Fsp3) is 0.900. The Morgan fingerprint density at radius 3 is 2.71 bits per heavy atom. The SMILES string of the molecule is CC(=O)N(C)C1C2OCC(CO)(O2)C(O)C1O. The molecule has 2 heterocycles. The number of likely N-dealkylation sites (N-methyl/N-ethyl adjacent to an activating group) is 1. The minimum Gasteiger partial charge on any atom is -0.393 e. The van der Waals surface area contributed by atoms with Crippen molar-refractivity contribution in [2.45, 2.75) is 37.1 Å². The van der Waals surface area contributed by atoms with Crippen LogP contribution in [0, 0.1) is 0 Å². The smallest absolute Gasteiger partial charge is 0.219 e. The van der Waals surface area contributed by atoms with E-state index in [0.717, 1.165) is 0 Å². The molecule has 0 spiro atoms. The highest BCUT2D eigenvalue weighted by molar-refractivity contribution is 5.73. The topological polar surface area (TPSA) is 99.5 Å². The number of aliphatic hydroxyl groups is 3. The average Bonchev–Trinajstić information content (AvgIpc) is 2.69. The van der Waals surface area contributed by atoms with E-state index in [1.807, 2.05) is 0 Å². The van der Waals surface area contributed by atoms with Crippen LogP contribution >= 0.6 is 0 Å². The first-order chi connectivity index (χ1) is 7.93. The van der Waals surface area contributed by atoms with Gasteiger partial charge in [-0.05, 0) is 0 Å². The van der Waals surface area contributed by atoms with Crippen molar-refractivity contribution in [1.82, 2.24) is 4.90 Å². The summed E-state index contributed by atoms with van der Waals surface area (Å²) in [4.78, 5) is 12.6. The molecule has 2 aliphatic rings. The number of ether oxygens (including phenoxy) is 2. The Labute approximate surface area is 98.5 Å². The lowest BCUT2D eigenvalue weighted by atomic mass is 9.88. The number of hydrogen-bond acceptors (Lipinski definition) is 6. The summed E-state index contributed by atoms with van der Waals surface area (Å²) < 4.78 is 10.7. The van der Waals surface area contributed by atoms with Crippen LogP contribution in [0.5, 0.6) is 0 Å². The molecule has 0 aromatic rings. The number of carbonyl (C=O) groups is 1. The number of fused-ring (bicyclic) bond motifs is 2. The van der Waals surface area contributed by atoms with Crippen molar-refractivity contribution in [3.8, 4) is 0 Å². The Kier molecular flexibility index (Phi) is 3.13. The van der Waals surface area contributed by atoms with Crippen LogP contribution in [0.25, 0.3) is 0 Å². The van der Waals surface area contributed by atoms with E-state index in [-0.39, 0.29) is 12.5 Å². The normalized spacial score (nSPS) is 44.8. The average molecular weight is 247 g/mol. The van der Waals surface area contributed by atoms with Gasteiger partial charge in [0.2, 0.25) is 5.91 Å². The maximum Gasteiger partial charge on any atom is 0.219 e. The highest BCUT2D eigenvalue weighted by atomic mass is 16.7. The van der Waals surface area contributed by atoms with Crippen molar-refractivity contribution in [2.24, 2.45) is 0 Å². The number of amides is 1. The zero-order chi connectivity index (χ0) is 12.8. The van der Waals surface area contributed by atoms with Gasteiger partial charge in [-0.1, -0.05) is 0 Å². The maximum absolute atomic E-state index is 11.3. The van der Waals surface area contributed by atoms with Gasteiger partial charge < -0.3 is 29.7 Å². The summed E-state index contributed by atoms with van der Waals surface area (Å²) >= 11 is 0. The second kappa shape index (κ2) is 4.18. The fourth-order valence-corrected chi connectivity index (χ4v) is 2.30. The summed E-state index contributed by atoms with van der Waals surface area (Å²) in [7, 11) is 1.50. The third-order valence-electron chi connectivity index (χ3n) is 3.55. The molecule has 2 fully saturated rings. The summed E-state index contributed by atoms with van der Waals surface area (Å²) in [5.41, 5.74) is -1.28. The first-order valence-corrected chi connectivity index (χ1v) is 5.43. The molecule has 98 valence electrons. The van der Waals surface area contributed by atoms with E-state index in [1.54, 1.807) is 0 Å². The van der Waals surface area contributed by atoms with E-state index < -0.39 is 36.7 Å². The fourth-order valence-electron chi connectivity index (χ4n) is 2.30. The van der Waals surface area contributed by atoms with Crippen molar-refractivity contribution in [1.29, 1.82) is 0 Å². The number of rotatable bonds is 2. The molecule has 2 bridgehead atoms. The van der Waals surface area contributed by atoms with Gasteiger partial charge in [0.1, 0.15) is 23.9 Å². The number of carbonyl (C=O) groups excluding carboxylic acids is 1. The third kappa shape index (κ3) is 1.74. The van der Waals surface area contributed by atoms with Crippen molar-refractivity contribution in [3.63, 3.8) is 0 Å². The zero-order valence-electron chi connectivity index (χ0n) is 9.74. The van der Waals surface area contributed by atoms with Gasteiger partial charge in [-0.25, -0.2) is 0 Å². The van der Waals surface area contributed by atoms with E-state index in [9.17, 15) is 20.1 Å². The monoisotopic (exact) mass is 247 g/mol. The van der Waals surface area contributed by atoms with Gasteiger partial charge in [-0.2, -0.15) is 0 Å². The molecular weight excluding hydrogens is 230 g/mol. The third-order valence-corrected chi connectivity index (χ3v) is 3.55. The molecule has 17 heavy (non-hydrogen) atoms. The van der Waals surface area contributed by atoms with E-state index in [4.69, 9.17) is 9.47 Å². The van der Waals surface area contributed by atoms with E-state index in [0.29, 0.717) is 0 Å². The second-order valence-electron chi connectivity index (χ2n) is 4.58. The van der Waals surface area contributed by atoms with Crippen molar-refractivity contribution in [2.75, 3.05) is 20.3 Å². The molecule has 0 aliphatic carbocycles. The lowest BCUT2D eigenvalue weighted by molar-refractivity contribution is -0.248. The van der Waals surface area contributed by atoms with Gasteiger partial charge in [-0.3, -0.25) is 4.79 Å². The summed E-state index contributed by atoms with van der Waals surface area (Å²) in [5.74, 6) is -0.267. The lowest BCUT2D eigenvalue weighted by Crippen LogP contribution is -2.66. The predicted molar refractivity (Wildman–Crippen MR) is 54.9 cm³/mol. The van der Waals surface area contributed by atoms with Gasteiger partial charge in [0.15, 0.2) is 6.29 Å². The summed E-state index contributed by atoms with van der Waals surface area (Å²) in [5, 5.41) is 29.2. The van der Waals surface area contributed by atoms with Gasteiger partial charge in [-0.15, -0.1) is 0 Å². The molecule has 5 atom stereocenters. The number of hydrogen-bond donors (Lipinski definition) is 3. The summed E-state index contributed by atoms with van der Waals surface area (Å²) in [6.07, 6.45) is -3.33. The molecule has 2 aliphatic heterocycles. The molecule has 0 radical (unpaired) electrons. The first-order valence-electron chi connectivity index (χ1n) is 5.43. The highest BCUT2D eigenvalue weighted by Gasteiger charge is 2.60. The standard InChI is InChI=1S/C10H17NO6/c1-5(13)11(2)6-7(14)8(15)10(3-12)4-16-9(6)17-10/h6-9,12,14-15H,3-4H2,1-2H3. The summed E-state index contributed by atoms with van der Waals surface area (Å²) in [6, 6.07) is -0.773. The van der Waals surface area contributed by atoms with Crippen LogP contribution in [0.1, 0.15) is 6.92 Å². The Morgan fingerprint density at radius 2 is 2.18 bits per heavy atom. The van der Waals surface area contributed by atoms with Gasteiger partial charge in [0, 0.05) is 14.0 Å². The predicted octanol–water partition coefficient (Wildman–Crippen LogP) is -2.33. The largest absolute Gasteiger partial charge is 0.393 e. The molecule has 2 rings (SSSR count). The zero-order valence-corrected chi connectivity index (χ0v) is 9.74. The van der Waals surface area contributed by atoms with Gasteiger partial charge in [0.25, 0.3) is 0 Å². The maximum atomic E-state index is 11.3. The van der Waals surface area contributed by atoms with Crippen molar-refractivity contribution >= 4 is 5.91 Å². The Hall–Kier alpha value is -0.730. The van der Waals surface area contributed by atoms with E-state index in [1.165, 1.54) is 18.9 Å². The molecule has 0 aromatic heterocycles. The molecule has 7 heteroatoms. The molecule has 5 unspecified atom stereocenters. The molecule has 1 amide bonds. The lowest BCUT2D eigenvalue weighted by Gasteiger charge is -2.44. The highest BCUT2D eigenvalue weighted by Crippen LogP contribution is 2.38. The molecule has 2 saturated heterocycles. The second-order valence-corrected chi connectivity index (χ2v) is 4.58. The first kappa shape index (κ1) is 12.7. The molecule has 0 saturated carbocycles. The minimum atomic E-state index is -1.29. The molecular formula is C10H17NO6. The van der Waals surface area contributed by atoms with Crippen LogP contribution in [-0.2, 0) is 14.3 Å². The van der Waals surface area contributed by atoms with Crippen molar-refractivity contribution < 1.29 is 29.6 Å². The van der Waals surface area contributed by atoms with E-state index in [2.05, 4.69) is 0 Å². The Balaban J connectivity index is 2.25. The minimum absolute atomic E-state index is 0.00532.